The van der Waals surface area contributed by atoms with Crippen molar-refractivity contribution in [3.8, 4) is 0 Å². The van der Waals surface area contributed by atoms with Crippen LogP contribution in [0.25, 0.3) is 11.2 Å². The number of allylic oxidation sites excluding steroid dienone is 1. The van der Waals surface area contributed by atoms with Gasteiger partial charge in [-0.25, -0.2) is 9.97 Å². The lowest BCUT2D eigenvalue weighted by Gasteiger charge is -2.56. The van der Waals surface area contributed by atoms with Crippen LogP contribution in [0, 0.1) is 28.6 Å². The Morgan fingerprint density at radius 2 is 1.87 bits per heavy atom. The molecule has 9 heteroatoms. The number of carbonyl (C=O) groups is 1. The fourth-order valence-corrected chi connectivity index (χ4v) is 8.51. The van der Waals surface area contributed by atoms with Crippen molar-refractivity contribution in [2.45, 2.75) is 96.5 Å². The first-order chi connectivity index (χ1) is 18.2. The highest BCUT2D eigenvalue weighted by atomic mass is 16.5. The molecule has 3 N–H and O–H groups in total. The smallest absolute Gasteiger partial charge is 0.278 e. The quantitative estimate of drug-likeness (QED) is 0.511. The molecule has 0 aromatic carbocycles. The maximum Gasteiger partial charge on any atom is 0.278 e. The number of ketones is 1. The number of fused-ring (bicyclic) bond motifs is 6. The Bertz CT molecular complexity index is 1300. The molecule has 0 amide bonds. The summed E-state index contributed by atoms with van der Waals surface area (Å²) in [5.41, 5.74) is 2.37. The molecule has 206 valence electrons. The lowest BCUT2D eigenvalue weighted by molar-refractivity contribution is -0.132. The Morgan fingerprint density at radius 3 is 2.66 bits per heavy atom. The molecule has 2 aromatic heterocycles. The van der Waals surface area contributed by atoms with Crippen LogP contribution in [0.1, 0.15) is 84.3 Å². The number of aromatic nitrogens is 4. The van der Waals surface area contributed by atoms with Crippen LogP contribution in [0.2, 0.25) is 0 Å². The van der Waals surface area contributed by atoms with Gasteiger partial charge in [0, 0.05) is 11.8 Å². The van der Waals surface area contributed by atoms with Gasteiger partial charge < -0.3 is 19.9 Å². The van der Waals surface area contributed by atoms with Crippen LogP contribution < -0.4 is 5.56 Å². The number of H-pyrrole nitrogens is 1. The molecule has 3 saturated carbocycles. The highest BCUT2D eigenvalue weighted by Crippen LogP contribution is 2.63. The van der Waals surface area contributed by atoms with Gasteiger partial charge in [-0.2, -0.15) is 0 Å². The number of aliphatic hydroxyl groups excluding tert-OH is 2. The number of carbonyl (C=O) groups excluding carboxylic acids is 1. The second-order valence-electron chi connectivity index (χ2n) is 12.6. The number of nitrogens with zero attached hydrogens (tertiary/aromatic N) is 3. The zero-order valence-corrected chi connectivity index (χ0v) is 22.4. The third kappa shape index (κ3) is 4.09. The molecule has 4 aliphatic carbocycles. The third-order valence-corrected chi connectivity index (χ3v) is 10.8. The Kier molecular flexibility index (Phi) is 6.60. The van der Waals surface area contributed by atoms with Crippen LogP contribution in [0.4, 0.5) is 0 Å². The lowest BCUT2D eigenvalue weighted by atomic mass is 9.48. The monoisotopic (exact) mass is 524 g/mol. The first-order valence-electron chi connectivity index (χ1n) is 14.3. The molecule has 0 unspecified atom stereocenters. The van der Waals surface area contributed by atoms with Crippen LogP contribution in [-0.2, 0) is 9.53 Å². The van der Waals surface area contributed by atoms with E-state index in [-0.39, 0.29) is 36.0 Å². The Morgan fingerprint density at radius 1 is 1.08 bits per heavy atom. The molecular formula is C29H40N4O5. The molecule has 1 saturated heterocycles. The van der Waals surface area contributed by atoms with Crippen molar-refractivity contribution in [2.75, 3.05) is 6.61 Å². The van der Waals surface area contributed by atoms with Crippen LogP contribution >= 0.6 is 0 Å². The van der Waals surface area contributed by atoms with E-state index in [2.05, 4.69) is 34.9 Å². The summed E-state index contributed by atoms with van der Waals surface area (Å²) in [6.07, 6.45) is 14.8. The fourth-order valence-electron chi connectivity index (χ4n) is 8.51. The van der Waals surface area contributed by atoms with E-state index in [4.69, 9.17) is 9.84 Å². The van der Waals surface area contributed by atoms with Crippen LogP contribution in [0.15, 0.2) is 29.1 Å². The van der Waals surface area contributed by atoms with Crippen molar-refractivity contribution in [2.24, 2.45) is 28.6 Å². The maximum atomic E-state index is 12.4. The predicted molar refractivity (Wildman–Crippen MR) is 141 cm³/mol. The van der Waals surface area contributed by atoms with Crippen LogP contribution in [-0.4, -0.2) is 54.3 Å². The Labute approximate surface area is 222 Å². The van der Waals surface area contributed by atoms with Crippen LogP contribution in [0.3, 0.4) is 0 Å². The highest BCUT2D eigenvalue weighted by Gasteiger charge is 2.58. The van der Waals surface area contributed by atoms with Gasteiger partial charge >= 0.3 is 0 Å². The van der Waals surface area contributed by atoms with E-state index in [0.717, 1.165) is 63.7 Å². The number of Topliss-reactive ketones (excluding diaryl/α,β-unsaturated/α-hetero) is 1. The van der Waals surface area contributed by atoms with E-state index >= 15 is 0 Å². The molecule has 8 atom stereocenters. The van der Waals surface area contributed by atoms with Crippen molar-refractivity contribution in [1.29, 1.82) is 0 Å². The van der Waals surface area contributed by atoms with Gasteiger partial charge in [-0.1, -0.05) is 25.5 Å². The molecule has 7 rings (SSSR count). The summed E-state index contributed by atoms with van der Waals surface area (Å²) in [7, 11) is 0. The predicted octanol–water partition coefficient (Wildman–Crippen LogP) is 3.67. The zero-order valence-electron chi connectivity index (χ0n) is 22.4. The normalized spacial score (nSPS) is 40.1. The first-order valence-corrected chi connectivity index (χ1v) is 14.3. The summed E-state index contributed by atoms with van der Waals surface area (Å²) in [5, 5.41) is 19.0. The number of imidazole rings is 1. The van der Waals surface area contributed by atoms with Crippen molar-refractivity contribution >= 4 is 16.9 Å². The van der Waals surface area contributed by atoms with E-state index in [1.807, 2.05) is 0 Å². The number of rotatable bonds is 2. The van der Waals surface area contributed by atoms with Gasteiger partial charge in [-0.15, -0.1) is 0 Å². The Hall–Kier alpha value is -2.36. The molecule has 3 heterocycles. The molecule has 38 heavy (non-hydrogen) atoms. The molecule has 4 fully saturated rings. The van der Waals surface area contributed by atoms with Crippen molar-refractivity contribution < 1.29 is 19.7 Å². The van der Waals surface area contributed by atoms with Gasteiger partial charge in [-0.05, 0) is 81.0 Å². The summed E-state index contributed by atoms with van der Waals surface area (Å²) in [6.45, 7) is 4.70. The van der Waals surface area contributed by atoms with Crippen LogP contribution in [0.5, 0.6) is 0 Å². The standard InChI is InChI=1S/C19H28O2.C10H12N4O3/c1-18-9-7-13(20)11-12(18)3-4-14-15-5-6-17(21)19(15,2)10-8-16(14)18;15-3-6-1-2-7(17-6)14-5-13-8-9(14)11-4-12-10(8)16/h3,13-16,20H,4-11H2,1-2H3;4-7,15H,1-3H2,(H,11,12,16)/t13-,14-,15-,16-,18-,19-;6-,7+/m00/s1. The average Bonchev–Trinajstić information content (AvgIpc) is 3.63. The summed E-state index contributed by atoms with van der Waals surface area (Å²) >= 11 is 0. The molecule has 0 radical (unpaired) electrons. The molecule has 1 aliphatic heterocycles. The zero-order chi connectivity index (χ0) is 26.7. The fraction of sp³-hybridized carbons (Fsp3) is 0.724. The topological polar surface area (TPSA) is 130 Å². The molecule has 0 bridgehead atoms. The second-order valence-corrected chi connectivity index (χ2v) is 12.6. The van der Waals surface area contributed by atoms with Gasteiger partial charge in [-0.3, -0.25) is 14.2 Å². The number of hydrogen-bond donors (Lipinski definition) is 3. The average molecular weight is 525 g/mol. The number of aliphatic hydroxyl groups is 2. The maximum absolute atomic E-state index is 12.4. The lowest BCUT2D eigenvalue weighted by Crippen LogP contribution is -2.50. The van der Waals surface area contributed by atoms with Gasteiger partial charge in [0.1, 0.15) is 12.0 Å². The Balaban J connectivity index is 0.000000142. The summed E-state index contributed by atoms with van der Waals surface area (Å²) < 4.78 is 7.36. The van der Waals surface area contributed by atoms with Gasteiger partial charge in [0.25, 0.3) is 5.56 Å². The molecule has 2 aromatic rings. The molecule has 9 nitrogen and oxygen atoms in total. The minimum absolute atomic E-state index is 0.0111. The number of aromatic amines is 1. The highest BCUT2D eigenvalue weighted by molar-refractivity contribution is 5.87. The molecule has 0 spiro atoms. The van der Waals surface area contributed by atoms with Gasteiger partial charge in [0.15, 0.2) is 11.2 Å². The minimum Gasteiger partial charge on any atom is -0.394 e. The van der Waals surface area contributed by atoms with E-state index in [9.17, 15) is 14.7 Å². The van der Waals surface area contributed by atoms with Crippen molar-refractivity contribution in [3.05, 3.63) is 34.7 Å². The summed E-state index contributed by atoms with van der Waals surface area (Å²) in [4.78, 5) is 34.4. The second kappa shape index (κ2) is 9.68. The SMILES string of the molecule is C[C@]12CC[C@H](O)CC1=CC[C@@H]1[C@@H]2CC[C@]2(C)C(=O)CC[C@@H]12.O=c1[nH]cnc2c1ncn2[C@H]1CC[C@@H](CO)O1. The molecule has 5 aliphatic rings. The summed E-state index contributed by atoms with van der Waals surface area (Å²) in [6, 6.07) is 0. The largest absolute Gasteiger partial charge is 0.394 e. The molecular weight excluding hydrogens is 484 g/mol. The number of ether oxygens (including phenoxy) is 1. The first kappa shape index (κ1) is 25.9. The van der Waals surface area contributed by atoms with Crippen molar-refractivity contribution in [3.63, 3.8) is 0 Å². The summed E-state index contributed by atoms with van der Waals surface area (Å²) in [5.74, 6) is 2.60. The van der Waals surface area contributed by atoms with E-state index in [1.54, 1.807) is 10.9 Å². The van der Waals surface area contributed by atoms with E-state index < -0.39 is 0 Å². The van der Waals surface area contributed by atoms with Crippen molar-refractivity contribution in [1.82, 2.24) is 19.5 Å². The minimum atomic E-state index is -0.259. The third-order valence-electron chi connectivity index (χ3n) is 10.8. The van der Waals surface area contributed by atoms with Gasteiger partial charge in [0.05, 0.1) is 31.5 Å². The number of nitrogens with one attached hydrogen (secondary N) is 1. The van der Waals surface area contributed by atoms with E-state index in [0.29, 0.717) is 34.2 Å². The van der Waals surface area contributed by atoms with E-state index in [1.165, 1.54) is 18.3 Å². The van der Waals surface area contributed by atoms with Gasteiger partial charge in [0.2, 0.25) is 0 Å². The number of hydrogen-bond acceptors (Lipinski definition) is 7.